The van der Waals surface area contributed by atoms with E-state index < -0.39 is 10.2 Å². The van der Waals surface area contributed by atoms with Gasteiger partial charge >= 0.3 is 0 Å². The van der Waals surface area contributed by atoms with Gasteiger partial charge in [-0.05, 0) is 39.8 Å². The van der Waals surface area contributed by atoms with E-state index in [1.807, 2.05) is 0 Å². The lowest BCUT2D eigenvalue weighted by atomic mass is 9.80. The fourth-order valence-corrected chi connectivity index (χ4v) is 3.44. The maximum absolute atomic E-state index is 11.8. The van der Waals surface area contributed by atoms with Crippen LogP contribution in [0.1, 0.15) is 26.7 Å². The molecule has 0 unspecified atom stereocenters. The Hall–Kier alpha value is -0.210. The molecule has 0 saturated carbocycles. The highest BCUT2D eigenvalue weighted by molar-refractivity contribution is 7.87. The fraction of sp³-hybridized carbons (Fsp3) is 1.00. The quantitative estimate of drug-likeness (QED) is 0.605. The number of piperidine rings is 1. The van der Waals surface area contributed by atoms with E-state index in [4.69, 9.17) is 4.74 Å². The summed E-state index contributed by atoms with van der Waals surface area (Å²) in [6, 6.07) is -0.103. The van der Waals surface area contributed by atoms with Gasteiger partial charge in [0.15, 0.2) is 0 Å². The van der Waals surface area contributed by atoms with E-state index in [2.05, 4.69) is 14.8 Å². The molecule has 1 heterocycles. The number of methoxy groups -OCH3 is 1. The van der Waals surface area contributed by atoms with Crippen molar-refractivity contribution in [1.82, 2.24) is 14.8 Å². The molecular formula is C11H25N3O3S. The second-order valence-corrected chi connectivity index (χ2v) is 6.81. The molecule has 0 amide bonds. The number of hydrogen-bond acceptors (Lipinski definition) is 4. The van der Waals surface area contributed by atoms with E-state index in [1.165, 1.54) is 0 Å². The molecule has 6 nitrogen and oxygen atoms in total. The minimum atomic E-state index is -3.41. The Morgan fingerprint density at radius 2 is 1.94 bits per heavy atom. The van der Waals surface area contributed by atoms with Crippen molar-refractivity contribution >= 4 is 10.2 Å². The minimum Gasteiger partial charge on any atom is -0.384 e. The van der Waals surface area contributed by atoms with Gasteiger partial charge in [-0.25, -0.2) is 4.72 Å². The predicted octanol–water partition coefficient (Wildman–Crippen LogP) is -0.165. The van der Waals surface area contributed by atoms with E-state index in [1.54, 1.807) is 21.0 Å². The smallest absolute Gasteiger partial charge is 0.277 e. The molecule has 1 aliphatic heterocycles. The van der Waals surface area contributed by atoms with Crippen molar-refractivity contribution in [1.29, 1.82) is 0 Å². The molecule has 0 atom stereocenters. The van der Waals surface area contributed by atoms with Crippen LogP contribution in [0.2, 0.25) is 0 Å². The topological polar surface area (TPSA) is 79.5 Å². The van der Waals surface area contributed by atoms with Crippen LogP contribution in [0.4, 0.5) is 0 Å². The van der Waals surface area contributed by atoms with E-state index >= 15 is 0 Å². The normalized spacial score (nSPS) is 20.2. The molecule has 0 spiro atoms. The highest BCUT2D eigenvalue weighted by Gasteiger charge is 2.33. The van der Waals surface area contributed by atoms with Crippen LogP contribution >= 0.6 is 0 Å². The molecule has 3 N–H and O–H groups in total. The van der Waals surface area contributed by atoms with Crippen molar-refractivity contribution in [2.45, 2.75) is 32.7 Å². The standard InChI is InChI=1S/C11H25N3O3S/c1-10(2)14-18(15,16)13-8-11(9-17-3)4-6-12-7-5-11/h10,12-14H,4-9H2,1-3H3. The minimum absolute atomic E-state index is 0.0915. The molecule has 0 aromatic rings. The summed E-state index contributed by atoms with van der Waals surface area (Å²) in [5.41, 5.74) is -0.0915. The molecule has 0 aromatic heterocycles. The highest BCUT2D eigenvalue weighted by Crippen LogP contribution is 2.28. The first-order valence-corrected chi connectivity index (χ1v) is 7.84. The summed E-state index contributed by atoms with van der Waals surface area (Å²) in [6.07, 6.45) is 1.84. The molecule has 18 heavy (non-hydrogen) atoms. The molecule has 0 bridgehead atoms. The Morgan fingerprint density at radius 1 is 1.33 bits per heavy atom. The first-order valence-electron chi connectivity index (χ1n) is 6.36. The van der Waals surface area contributed by atoms with Crippen LogP contribution in [-0.2, 0) is 14.9 Å². The van der Waals surface area contributed by atoms with Crippen molar-refractivity contribution in [3.63, 3.8) is 0 Å². The number of hydrogen-bond donors (Lipinski definition) is 3. The number of rotatable bonds is 7. The Balaban J connectivity index is 2.56. The van der Waals surface area contributed by atoms with Crippen molar-refractivity contribution in [3.8, 4) is 0 Å². The lowest BCUT2D eigenvalue weighted by Crippen LogP contribution is -2.50. The van der Waals surface area contributed by atoms with Crippen LogP contribution < -0.4 is 14.8 Å². The SMILES string of the molecule is COCC1(CNS(=O)(=O)NC(C)C)CCNCC1. The molecule has 1 saturated heterocycles. The van der Waals surface area contributed by atoms with Crippen LogP contribution in [0.5, 0.6) is 0 Å². The lowest BCUT2D eigenvalue weighted by molar-refractivity contribution is 0.0576. The van der Waals surface area contributed by atoms with Gasteiger partial charge in [-0.1, -0.05) is 0 Å². The van der Waals surface area contributed by atoms with E-state index in [-0.39, 0.29) is 11.5 Å². The molecular weight excluding hydrogens is 254 g/mol. The van der Waals surface area contributed by atoms with Crippen LogP contribution in [0.25, 0.3) is 0 Å². The van der Waals surface area contributed by atoms with Gasteiger partial charge in [0.2, 0.25) is 0 Å². The van der Waals surface area contributed by atoms with Crippen molar-refractivity contribution < 1.29 is 13.2 Å². The van der Waals surface area contributed by atoms with Gasteiger partial charge in [-0.15, -0.1) is 0 Å². The zero-order valence-corrected chi connectivity index (χ0v) is 12.3. The van der Waals surface area contributed by atoms with E-state index in [0.29, 0.717) is 13.2 Å². The Morgan fingerprint density at radius 3 is 2.44 bits per heavy atom. The van der Waals surface area contributed by atoms with Gasteiger partial charge in [0.1, 0.15) is 0 Å². The molecule has 0 radical (unpaired) electrons. The Labute approximate surface area is 110 Å². The monoisotopic (exact) mass is 279 g/mol. The van der Waals surface area contributed by atoms with E-state index in [9.17, 15) is 8.42 Å². The molecule has 1 fully saturated rings. The second kappa shape index (κ2) is 6.81. The van der Waals surface area contributed by atoms with Gasteiger partial charge in [0.25, 0.3) is 10.2 Å². The zero-order valence-electron chi connectivity index (χ0n) is 11.5. The number of ether oxygens (including phenoxy) is 1. The first kappa shape index (κ1) is 15.8. The summed E-state index contributed by atoms with van der Waals surface area (Å²) >= 11 is 0. The van der Waals surface area contributed by atoms with Crippen LogP contribution in [0, 0.1) is 5.41 Å². The van der Waals surface area contributed by atoms with E-state index in [0.717, 1.165) is 25.9 Å². The fourth-order valence-electron chi connectivity index (χ4n) is 2.24. The predicted molar refractivity (Wildman–Crippen MR) is 71.6 cm³/mol. The molecule has 1 rings (SSSR count). The van der Waals surface area contributed by atoms with Gasteiger partial charge in [0, 0.05) is 25.1 Å². The summed E-state index contributed by atoms with van der Waals surface area (Å²) in [5, 5.41) is 3.28. The lowest BCUT2D eigenvalue weighted by Gasteiger charge is -2.37. The summed E-state index contributed by atoms with van der Waals surface area (Å²) in [5.74, 6) is 0. The highest BCUT2D eigenvalue weighted by atomic mass is 32.2. The maximum atomic E-state index is 11.8. The third-order valence-corrected chi connectivity index (χ3v) is 4.45. The average molecular weight is 279 g/mol. The first-order chi connectivity index (χ1) is 8.39. The molecule has 108 valence electrons. The maximum Gasteiger partial charge on any atom is 0.277 e. The summed E-state index contributed by atoms with van der Waals surface area (Å²) < 4.78 is 33.9. The van der Waals surface area contributed by atoms with Crippen molar-refractivity contribution in [2.24, 2.45) is 5.41 Å². The average Bonchev–Trinajstić information content (AvgIpc) is 2.27. The van der Waals surface area contributed by atoms with Crippen LogP contribution in [0.3, 0.4) is 0 Å². The molecule has 0 aliphatic carbocycles. The summed E-state index contributed by atoms with van der Waals surface area (Å²) in [7, 11) is -1.76. The molecule has 0 aromatic carbocycles. The second-order valence-electron chi connectivity index (χ2n) is 5.28. The van der Waals surface area contributed by atoms with Crippen LogP contribution in [0.15, 0.2) is 0 Å². The Bertz CT molecular complexity index is 332. The van der Waals surface area contributed by atoms with Gasteiger partial charge in [-0.3, -0.25) is 0 Å². The zero-order chi connectivity index (χ0) is 13.6. The Kier molecular flexibility index (Phi) is 6.00. The summed E-state index contributed by atoms with van der Waals surface area (Å²) in [6.45, 7) is 6.41. The third kappa shape index (κ3) is 5.19. The molecule has 1 aliphatic rings. The van der Waals surface area contributed by atoms with Gasteiger partial charge < -0.3 is 10.1 Å². The van der Waals surface area contributed by atoms with Gasteiger partial charge in [0.05, 0.1) is 6.61 Å². The van der Waals surface area contributed by atoms with Crippen LogP contribution in [-0.4, -0.2) is 47.8 Å². The third-order valence-electron chi connectivity index (χ3n) is 3.14. The van der Waals surface area contributed by atoms with Crippen molar-refractivity contribution in [2.75, 3.05) is 33.4 Å². The van der Waals surface area contributed by atoms with Gasteiger partial charge in [-0.2, -0.15) is 13.1 Å². The largest absolute Gasteiger partial charge is 0.384 e. The molecule has 7 heteroatoms. The number of nitrogens with one attached hydrogen (secondary N) is 3. The summed E-state index contributed by atoms with van der Waals surface area (Å²) in [4.78, 5) is 0. The van der Waals surface area contributed by atoms with Crippen molar-refractivity contribution in [3.05, 3.63) is 0 Å².